The second-order valence-electron chi connectivity index (χ2n) is 17.3. The molecule has 0 aliphatic rings. The van der Waals surface area contributed by atoms with Crippen molar-refractivity contribution >= 4 is 0 Å². The third-order valence-electron chi connectivity index (χ3n) is 12.0. The molecule has 50 heavy (non-hydrogen) atoms. The van der Waals surface area contributed by atoms with E-state index in [9.17, 15) is 10.2 Å². The van der Waals surface area contributed by atoms with Crippen LogP contribution in [0.3, 0.4) is 0 Å². The lowest BCUT2D eigenvalue weighted by Crippen LogP contribution is -2.47. The van der Waals surface area contributed by atoms with Crippen molar-refractivity contribution in [2.45, 2.75) is 232 Å². The van der Waals surface area contributed by atoms with E-state index in [2.05, 4.69) is 27.9 Å². The second-order valence-corrected chi connectivity index (χ2v) is 17.3. The van der Waals surface area contributed by atoms with Gasteiger partial charge in [0.25, 0.3) is 0 Å². The summed E-state index contributed by atoms with van der Waals surface area (Å²) in [5, 5.41) is 19.5. The largest absolute Gasteiger partial charge is 0.391 e. The van der Waals surface area contributed by atoms with E-state index in [0.717, 1.165) is 22.1 Å². The first-order valence-electron chi connectivity index (χ1n) is 23.3. The van der Waals surface area contributed by atoms with E-state index in [0.29, 0.717) is 13.2 Å². The molecule has 0 aromatic carbocycles. The molecule has 4 heteroatoms. The van der Waals surface area contributed by atoms with Crippen LogP contribution in [0.15, 0.2) is 0 Å². The topological polar surface area (TPSA) is 40.5 Å². The van der Waals surface area contributed by atoms with Gasteiger partial charge in [-0.1, -0.05) is 181 Å². The summed E-state index contributed by atoms with van der Waals surface area (Å²) >= 11 is 0. The van der Waals surface area contributed by atoms with Crippen LogP contribution in [0, 0.1) is 0 Å². The fourth-order valence-electron chi connectivity index (χ4n) is 8.22. The monoisotopic (exact) mass is 711 g/mol. The molecule has 302 valence electrons. The van der Waals surface area contributed by atoms with Gasteiger partial charge in [0.2, 0.25) is 0 Å². The lowest BCUT2D eigenvalue weighted by atomic mass is 10.0. The van der Waals surface area contributed by atoms with E-state index in [-0.39, 0.29) is 0 Å². The molecule has 0 saturated heterocycles. The van der Waals surface area contributed by atoms with Crippen molar-refractivity contribution in [2.75, 3.05) is 66.6 Å². The van der Waals surface area contributed by atoms with Crippen LogP contribution in [0.25, 0.3) is 0 Å². The number of unbranched alkanes of at least 4 members (excludes halogenated alkanes) is 31. The van der Waals surface area contributed by atoms with Gasteiger partial charge in [-0.3, -0.25) is 0 Å². The van der Waals surface area contributed by atoms with Gasteiger partial charge in [0, 0.05) is 0 Å². The molecule has 0 radical (unpaired) electrons. The minimum absolute atomic E-state index is 0.319. The van der Waals surface area contributed by atoms with Gasteiger partial charge in [-0.05, 0) is 51.4 Å². The fraction of sp³-hybridized carbons (Fsp3) is 1.00. The highest BCUT2D eigenvalue weighted by atomic mass is 16.3. The number of aliphatic hydroxyl groups is 2. The molecule has 0 spiro atoms. The van der Waals surface area contributed by atoms with E-state index in [1.54, 1.807) is 0 Å². The maximum atomic E-state index is 9.75. The van der Waals surface area contributed by atoms with Crippen molar-refractivity contribution in [3.8, 4) is 0 Å². The Hall–Kier alpha value is -0.160. The van der Waals surface area contributed by atoms with Crippen molar-refractivity contribution < 1.29 is 19.2 Å². The zero-order valence-electron chi connectivity index (χ0n) is 35.5. The molecule has 0 aromatic heterocycles. The lowest BCUT2D eigenvalue weighted by molar-refractivity contribution is -0.910. The van der Waals surface area contributed by atoms with Crippen LogP contribution in [-0.2, 0) is 0 Å². The Bertz CT molecular complexity index is 592. The minimum Gasteiger partial charge on any atom is -0.391 e. The normalized spacial score (nSPS) is 14.3. The number of hydrogen-bond donors (Lipinski definition) is 2. The Kier molecular flexibility index (Phi) is 38.4. The minimum atomic E-state index is 0.319. The van der Waals surface area contributed by atoms with E-state index >= 15 is 0 Å². The highest BCUT2D eigenvalue weighted by Crippen LogP contribution is 2.18. The quantitative estimate of drug-likeness (QED) is 0.0488. The third kappa shape index (κ3) is 34.9. The van der Waals surface area contributed by atoms with E-state index in [1.807, 2.05) is 0 Å². The Morgan fingerprint density at radius 3 is 0.560 bits per heavy atom. The first-order valence-corrected chi connectivity index (χ1v) is 23.3. The van der Waals surface area contributed by atoms with Crippen LogP contribution in [0.5, 0.6) is 0 Å². The molecule has 0 aromatic rings. The van der Waals surface area contributed by atoms with Crippen molar-refractivity contribution in [3.05, 3.63) is 0 Å². The van der Waals surface area contributed by atoms with Gasteiger partial charge in [0.05, 0.1) is 53.5 Å². The van der Waals surface area contributed by atoms with Crippen LogP contribution >= 0.6 is 0 Å². The maximum Gasteiger partial charge on any atom is 0.102 e. The van der Waals surface area contributed by atoms with Crippen molar-refractivity contribution in [1.29, 1.82) is 0 Å². The summed E-state index contributed by atoms with van der Waals surface area (Å²) in [6.07, 6.45) is 47.6. The average Bonchev–Trinajstić information content (AvgIpc) is 3.10. The SMILES string of the molecule is CCCCCCCCCCCCCCCC[N+](C)(CCO)CCCCCCCC[N+](C)(CCO)CCCCCCCCCCCCCCCC. The molecule has 2 unspecified atom stereocenters. The summed E-state index contributed by atoms with van der Waals surface area (Å²) in [6.45, 7) is 12.0. The molecule has 0 aliphatic carbocycles. The molecule has 0 amide bonds. The molecule has 0 bridgehead atoms. The summed E-state index contributed by atoms with van der Waals surface area (Å²) in [6, 6.07) is 0. The fourth-order valence-corrected chi connectivity index (χ4v) is 8.22. The zero-order valence-corrected chi connectivity index (χ0v) is 35.5. The van der Waals surface area contributed by atoms with Gasteiger partial charge in [-0.2, -0.15) is 0 Å². The zero-order chi connectivity index (χ0) is 36.7. The van der Waals surface area contributed by atoms with Crippen LogP contribution < -0.4 is 0 Å². The second kappa shape index (κ2) is 38.6. The van der Waals surface area contributed by atoms with Crippen molar-refractivity contribution in [1.82, 2.24) is 0 Å². The molecule has 0 fully saturated rings. The van der Waals surface area contributed by atoms with Crippen LogP contribution in [0.4, 0.5) is 0 Å². The van der Waals surface area contributed by atoms with Crippen molar-refractivity contribution in [3.63, 3.8) is 0 Å². The molecule has 4 nitrogen and oxygen atoms in total. The molecular weight excluding hydrogens is 613 g/mol. The summed E-state index contributed by atoms with van der Waals surface area (Å²) in [5.41, 5.74) is 0. The summed E-state index contributed by atoms with van der Waals surface area (Å²) in [4.78, 5) is 0. The predicted molar refractivity (Wildman–Crippen MR) is 224 cm³/mol. The Morgan fingerprint density at radius 1 is 0.240 bits per heavy atom. The number of hydrogen-bond acceptors (Lipinski definition) is 2. The maximum absolute atomic E-state index is 9.75. The average molecular weight is 711 g/mol. The first-order chi connectivity index (χ1) is 24.4. The number of nitrogens with zero attached hydrogens (tertiary/aromatic N) is 2. The highest BCUT2D eigenvalue weighted by Gasteiger charge is 2.21. The number of likely N-dealkylation sites (N-methyl/N-ethyl adjacent to an activating group) is 2. The Balaban J connectivity index is 3.82. The standard InChI is InChI=1S/C46H98N2O2/c1-5-7-9-11-13-15-17-19-21-23-25-27-31-35-39-47(3,43-45-49)41-37-33-29-30-34-38-42-48(4,44-46-50)40-36-32-28-26-24-22-20-18-16-14-12-10-8-6-2/h49-50H,5-46H2,1-4H3/q+2. The molecule has 2 atom stereocenters. The van der Waals surface area contributed by atoms with Gasteiger partial charge in [-0.25, -0.2) is 0 Å². The van der Waals surface area contributed by atoms with Crippen LogP contribution in [-0.4, -0.2) is 85.8 Å². The van der Waals surface area contributed by atoms with Gasteiger partial charge in [0.15, 0.2) is 0 Å². The number of aliphatic hydroxyl groups excluding tert-OH is 2. The van der Waals surface area contributed by atoms with E-state index < -0.39 is 0 Å². The Labute approximate surface area is 317 Å². The predicted octanol–water partition coefficient (Wildman–Crippen LogP) is 13.2. The molecule has 0 rings (SSSR count). The summed E-state index contributed by atoms with van der Waals surface area (Å²) < 4.78 is 2.12. The van der Waals surface area contributed by atoms with Gasteiger partial charge in [-0.15, -0.1) is 0 Å². The third-order valence-corrected chi connectivity index (χ3v) is 12.0. The van der Waals surface area contributed by atoms with Crippen LogP contribution in [0.2, 0.25) is 0 Å². The van der Waals surface area contributed by atoms with Gasteiger partial charge >= 0.3 is 0 Å². The smallest absolute Gasteiger partial charge is 0.102 e. The molecule has 0 heterocycles. The number of quaternary nitrogens is 2. The van der Waals surface area contributed by atoms with Gasteiger partial charge < -0.3 is 19.2 Å². The Morgan fingerprint density at radius 2 is 0.400 bits per heavy atom. The highest BCUT2D eigenvalue weighted by molar-refractivity contribution is 4.54. The van der Waals surface area contributed by atoms with E-state index in [1.165, 1.54) is 244 Å². The number of rotatable bonds is 43. The molecule has 0 aliphatic heterocycles. The van der Waals surface area contributed by atoms with E-state index in [4.69, 9.17) is 0 Å². The van der Waals surface area contributed by atoms with Crippen molar-refractivity contribution in [2.24, 2.45) is 0 Å². The lowest BCUT2D eigenvalue weighted by Gasteiger charge is -2.34. The first kappa shape index (κ1) is 49.8. The molecule has 2 N–H and O–H groups in total. The molecular formula is C46H98N2O2+2. The summed E-state index contributed by atoms with van der Waals surface area (Å²) in [7, 11) is 4.77. The van der Waals surface area contributed by atoms with Crippen LogP contribution in [0.1, 0.15) is 232 Å². The summed E-state index contributed by atoms with van der Waals surface area (Å²) in [5.74, 6) is 0. The molecule has 0 saturated carbocycles. The van der Waals surface area contributed by atoms with Gasteiger partial charge in [0.1, 0.15) is 13.1 Å².